The lowest BCUT2D eigenvalue weighted by Gasteiger charge is -2.10. The highest BCUT2D eigenvalue weighted by molar-refractivity contribution is 7.91. The zero-order valence-corrected chi connectivity index (χ0v) is 12.8. The summed E-state index contributed by atoms with van der Waals surface area (Å²) in [6.07, 6.45) is 1.86. The molecule has 1 heterocycles. The van der Waals surface area contributed by atoms with E-state index in [1.165, 1.54) is 11.3 Å². The Morgan fingerprint density at radius 1 is 1.39 bits per heavy atom. The zero-order valence-electron chi connectivity index (χ0n) is 11.2. The molecule has 0 amide bonds. The van der Waals surface area contributed by atoms with Gasteiger partial charge in [0.1, 0.15) is 4.21 Å². The maximum Gasteiger partial charge on any atom is 0.250 e. The summed E-state index contributed by atoms with van der Waals surface area (Å²) in [5.74, 6) is 0. The van der Waals surface area contributed by atoms with Crippen LogP contribution in [-0.2, 0) is 16.6 Å². The van der Waals surface area contributed by atoms with E-state index in [9.17, 15) is 8.42 Å². The fourth-order valence-electron chi connectivity index (χ4n) is 1.40. The summed E-state index contributed by atoms with van der Waals surface area (Å²) in [5, 5.41) is 5.16. The van der Waals surface area contributed by atoms with Gasteiger partial charge in [-0.2, -0.15) is 0 Å². The minimum Gasteiger partial charge on any atom is -0.313 e. The summed E-state index contributed by atoms with van der Waals surface area (Å²) >= 11 is 1.28. The Balaban J connectivity index is 2.66. The van der Waals surface area contributed by atoms with Crippen LogP contribution in [0, 0.1) is 0 Å². The first kappa shape index (κ1) is 15.6. The Morgan fingerprint density at radius 2 is 2.11 bits per heavy atom. The molecule has 18 heavy (non-hydrogen) atoms. The minimum atomic E-state index is -3.34. The molecule has 0 saturated carbocycles. The number of thiophene rings is 1. The second kappa shape index (κ2) is 7.23. The largest absolute Gasteiger partial charge is 0.313 e. The van der Waals surface area contributed by atoms with Gasteiger partial charge in [-0.05, 0) is 43.3 Å². The van der Waals surface area contributed by atoms with Crippen molar-refractivity contribution in [2.75, 3.05) is 6.54 Å². The Hall–Kier alpha value is -0.430. The van der Waals surface area contributed by atoms with E-state index in [0.717, 1.165) is 31.5 Å². The molecule has 104 valence electrons. The molecule has 0 saturated heterocycles. The lowest BCUT2D eigenvalue weighted by Crippen LogP contribution is -2.31. The highest BCUT2D eigenvalue weighted by Gasteiger charge is 2.18. The quantitative estimate of drug-likeness (QED) is 0.722. The van der Waals surface area contributed by atoms with Crippen LogP contribution in [-0.4, -0.2) is 21.0 Å². The molecular formula is C12H22N2O2S2. The van der Waals surface area contributed by atoms with Gasteiger partial charge in [0.2, 0.25) is 10.0 Å². The summed E-state index contributed by atoms with van der Waals surface area (Å²) in [5.41, 5.74) is 1.03. The Labute approximate surface area is 114 Å². The number of hydrogen-bond donors (Lipinski definition) is 2. The fourth-order valence-corrected chi connectivity index (χ4v) is 3.96. The van der Waals surface area contributed by atoms with Crippen LogP contribution in [0.5, 0.6) is 0 Å². The predicted molar refractivity (Wildman–Crippen MR) is 76.4 cm³/mol. The summed E-state index contributed by atoms with van der Waals surface area (Å²) in [6, 6.07) is 1.72. The van der Waals surface area contributed by atoms with E-state index in [0.29, 0.717) is 4.21 Å². The third-order valence-corrected chi connectivity index (χ3v) is 5.70. The van der Waals surface area contributed by atoms with Crippen molar-refractivity contribution in [3.05, 3.63) is 17.0 Å². The van der Waals surface area contributed by atoms with Gasteiger partial charge in [0.15, 0.2) is 0 Å². The Kier molecular flexibility index (Phi) is 6.28. The topological polar surface area (TPSA) is 58.2 Å². The second-order valence-corrected chi connectivity index (χ2v) is 7.23. The lowest BCUT2D eigenvalue weighted by atomic mass is 10.3. The maximum atomic E-state index is 12.0. The molecule has 1 atom stereocenters. The van der Waals surface area contributed by atoms with Crippen molar-refractivity contribution < 1.29 is 8.42 Å². The molecule has 0 radical (unpaired) electrons. The third kappa shape index (κ3) is 4.68. The van der Waals surface area contributed by atoms with Gasteiger partial charge in [0, 0.05) is 12.6 Å². The van der Waals surface area contributed by atoms with Crippen LogP contribution in [0.4, 0.5) is 0 Å². The van der Waals surface area contributed by atoms with E-state index >= 15 is 0 Å². The predicted octanol–water partition coefficient (Wildman–Crippen LogP) is 2.32. The molecule has 1 rings (SSSR count). The smallest absolute Gasteiger partial charge is 0.250 e. The first-order valence-corrected chi connectivity index (χ1v) is 8.66. The van der Waals surface area contributed by atoms with E-state index in [-0.39, 0.29) is 6.04 Å². The molecule has 6 heteroatoms. The number of hydrogen-bond acceptors (Lipinski definition) is 4. The van der Waals surface area contributed by atoms with Gasteiger partial charge in [0.05, 0.1) is 0 Å². The average molecular weight is 290 g/mol. The molecule has 0 aliphatic heterocycles. The van der Waals surface area contributed by atoms with Gasteiger partial charge in [-0.3, -0.25) is 0 Å². The van der Waals surface area contributed by atoms with Gasteiger partial charge >= 0.3 is 0 Å². The van der Waals surface area contributed by atoms with Crippen molar-refractivity contribution in [3.8, 4) is 0 Å². The number of nitrogens with one attached hydrogen (secondary N) is 2. The number of sulfonamides is 1. The van der Waals surface area contributed by atoms with Gasteiger partial charge in [-0.25, -0.2) is 13.1 Å². The molecule has 2 N–H and O–H groups in total. The molecule has 0 fully saturated rings. The average Bonchev–Trinajstić information content (AvgIpc) is 2.78. The van der Waals surface area contributed by atoms with Crippen LogP contribution in [0.25, 0.3) is 0 Å². The highest BCUT2D eigenvalue weighted by atomic mass is 32.2. The molecule has 0 aliphatic carbocycles. The SMILES string of the molecule is CCCNCc1csc(S(=O)(=O)NC(C)CC)c1. The van der Waals surface area contributed by atoms with Crippen LogP contribution in [0.2, 0.25) is 0 Å². The standard InChI is InChI=1S/C12H22N2O2S2/c1-4-6-13-8-11-7-12(17-9-11)18(15,16)14-10(3)5-2/h7,9-10,13-14H,4-6,8H2,1-3H3. The maximum absolute atomic E-state index is 12.0. The lowest BCUT2D eigenvalue weighted by molar-refractivity contribution is 0.557. The van der Waals surface area contributed by atoms with E-state index in [1.807, 2.05) is 19.2 Å². The van der Waals surface area contributed by atoms with E-state index in [1.54, 1.807) is 6.07 Å². The molecule has 0 aliphatic rings. The van der Waals surface area contributed by atoms with E-state index in [2.05, 4.69) is 17.0 Å². The van der Waals surface area contributed by atoms with Crippen LogP contribution < -0.4 is 10.0 Å². The van der Waals surface area contributed by atoms with Gasteiger partial charge in [0.25, 0.3) is 0 Å². The van der Waals surface area contributed by atoms with Crippen molar-refractivity contribution >= 4 is 21.4 Å². The first-order chi connectivity index (χ1) is 8.49. The Bertz CT molecular complexity index is 454. The number of rotatable bonds is 8. The second-order valence-electron chi connectivity index (χ2n) is 4.38. The van der Waals surface area contributed by atoms with Crippen molar-refractivity contribution in [1.29, 1.82) is 0 Å². The molecule has 1 aromatic rings. The van der Waals surface area contributed by atoms with Crippen LogP contribution in [0.15, 0.2) is 15.7 Å². The van der Waals surface area contributed by atoms with Crippen LogP contribution in [0.3, 0.4) is 0 Å². The minimum absolute atomic E-state index is 0.0289. The van der Waals surface area contributed by atoms with Crippen molar-refractivity contribution in [1.82, 2.24) is 10.0 Å². The van der Waals surface area contributed by atoms with E-state index < -0.39 is 10.0 Å². The monoisotopic (exact) mass is 290 g/mol. The molecule has 0 aromatic carbocycles. The van der Waals surface area contributed by atoms with Crippen molar-refractivity contribution in [2.24, 2.45) is 0 Å². The zero-order chi connectivity index (χ0) is 13.6. The fraction of sp³-hybridized carbons (Fsp3) is 0.667. The first-order valence-electron chi connectivity index (χ1n) is 6.30. The Morgan fingerprint density at radius 3 is 2.72 bits per heavy atom. The summed E-state index contributed by atoms with van der Waals surface area (Å²) in [6.45, 7) is 7.61. The molecule has 4 nitrogen and oxygen atoms in total. The third-order valence-electron chi connectivity index (χ3n) is 2.62. The summed E-state index contributed by atoms with van der Waals surface area (Å²) in [7, 11) is -3.34. The van der Waals surface area contributed by atoms with Crippen LogP contribution >= 0.6 is 11.3 Å². The van der Waals surface area contributed by atoms with Gasteiger partial charge < -0.3 is 5.32 Å². The highest BCUT2D eigenvalue weighted by Crippen LogP contribution is 2.20. The van der Waals surface area contributed by atoms with Gasteiger partial charge in [-0.1, -0.05) is 13.8 Å². The molecule has 0 spiro atoms. The van der Waals surface area contributed by atoms with Crippen LogP contribution in [0.1, 0.15) is 39.2 Å². The molecular weight excluding hydrogens is 268 g/mol. The molecule has 0 bridgehead atoms. The summed E-state index contributed by atoms with van der Waals surface area (Å²) in [4.78, 5) is 0. The molecule has 1 aromatic heterocycles. The molecule has 1 unspecified atom stereocenters. The van der Waals surface area contributed by atoms with Gasteiger partial charge in [-0.15, -0.1) is 11.3 Å². The van der Waals surface area contributed by atoms with Crippen molar-refractivity contribution in [2.45, 2.75) is 50.4 Å². The van der Waals surface area contributed by atoms with E-state index in [4.69, 9.17) is 0 Å². The normalized spacial score (nSPS) is 13.7. The van der Waals surface area contributed by atoms with Crippen molar-refractivity contribution in [3.63, 3.8) is 0 Å². The summed E-state index contributed by atoms with van der Waals surface area (Å²) < 4.78 is 27.1.